The van der Waals surface area contributed by atoms with E-state index in [1.54, 1.807) is 4.90 Å². The number of ether oxygens (including phenoxy) is 1. The molecule has 0 aromatic heterocycles. The van der Waals surface area contributed by atoms with Gasteiger partial charge in [0.1, 0.15) is 23.2 Å². The van der Waals surface area contributed by atoms with Crippen LogP contribution in [0.2, 0.25) is 5.82 Å². The topological polar surface area (TPSA) is 160 Å². The third-order valence-electron chi connectivity index (χ3n) is 5.87. The van der Waals surface area contributed by atoms with Crippen LogP contribution in [0.25, 0.3) is 0 Å². The Morgan fingerprint density at radius 2 is 1.93 bits per heavy atom. The van der Waals surface area contributed by atoms with Gasteiger partial charge < -0.3 is 40.3 Å². The minimum absolute atomic E-state index is 0.00649. The van der Waals surface area contributed by atoms with Gasteiger partial charge >= 0.3 is 13.1 Å². The normalized spacial score (nSPS) is 28.7. The number of aromatic carboxylic acids is 1. The average Bonchev–Trinajstić information content (AvgIpc) is 3.30. The van der Waals surface area contributed by atoms with Gasteiger partial charge in [0.2, 0.25) is 5.91 Å². The highest BCUT2D eigenvalue weighted by molar-refractivity contribution is 6.44. The fraction of sp³-hybridized carbons (Fsp3) is 0.556. The minimum atomic E-state index is -1.52. The minimum Gasteiger partial charge on any atom is -0.507 e. The zero-order valence-electron chi connectivity index (χ0n) is 15.6. The Bertz CT molecular complexity index is 828. The van der Waals surface area contributed by atoms with Crippen molar-refractivity contribution in [3.05, 3.63) is 23.3 Å². The van der Waals surface area contributed by atoms with E-state index in [1.807, 2.05) is 0 Å². The molecule has 0 spiro atoms. The fourth-order valence-corrected chi connectivity index (χ4v) is 4.09. The number of carbonyl (C=O) groups is 2. The Kier molecular flexibility index (Phi) is 5.15. The van der Waals surface area contributed by atoms with Gasteiger partial charge in [-0.3, -0.25) is 4.79 Å². The number of amides is 1. The van der Waals surface area contributed by atoms with Crippen LogP contribution in [0.15, 0.2) is 12.1 Å². The SMILES string of the molecule is O=C(O)c1c(OC2CN(C(=O)[C@@H]3C[C@H](O)CN3)C2)ccc([C@H]2C[C@H]2B(O)O)c1O. The van der Waals surface area contributed by atoms with Crippen LogP contribution in [0.4, 0.5) is 0 Å². The Morgan fingerprint density at radius 1 is 1.21 bits per heavy atom. The number of hydrogen-bond donors (Lipinski definition) is 6. The molecule has 3 aliphatic rings. The zero-order chi connectivity index (χ0) is 20.9. The quantitative estimate of drug-likeness (QED) is 0.317. The summed E-state index contributed by atoms with van der Waals surface area (Å²) < 4.78 is 5.71. The number of β-amino-alcohol motifs (C(OH)–C–C–N with tert-alkyl or cyclic N) is 1. The molecule has 1 amide bonds. The van der Waals surface area contributed by atoms with E-state index in [1.165, 1.54) is 12.1 Å². The summed E-state index contributed by atoms with van der Waals surface area (Å²) in [6.07, 6.45) is -0.116. The molecule has 10 nitrogen and oxygen atoms in total. The standard InChI is InChI=1S/C18H23BN2O8/c22-8-3-13(20-5-8)17(24)21-6-9(7-21)29-14-2-1-10(11-4-12(11)19(27)28)16(23)15(14)18(25)26/h1-2,8-9,11-13,20,22-23,27-28H,3-7H2,(H,25,26)/t8-,11+,12+,13-/m0/s1. The van der Waals surface area contributed by atoms with Crippen LogP contribution in [0.1, 0.15) is 34.7 Å². The Hall–Kier alpha value is -2.34. The molecule has 4 rings (SSSR count). The number of likely N-dealkylation sites (tertiary alicyclic amines) is 1. The van der Waals surface area contributed by atoms with Crippen molar-refractivity contribution in [1.29, 1.82) is 0 Å². The number of aromatic hydroxyl groups is 1. The maximum Gasteiger partial charge on any atom is 0.455 e. The first-order valence-corrected chi connectivity index (χ1v) is 9.58. The first-order chi connectivity index (χ1) is 13.8. The van der Waals surface area contributed by atoms with Crippen LogP contribution >= 0.6 is 0 Å². The summed E-state index contributed by atoms with van der Waals surface area (Å²) in [7, 11) is -1.52. The van der Waals surface area contributed by atoms with Crippen molar-refractivity contribution in [2.75, 3.05) is 19.6 Å². The molecular formula is C18H23BN2O8. The lowest BCUT2D eigenvalue weighted by molar-refractivity contribution is -0.142. The van der Waals surface area contributed by atoms with Gasteiger partial charge in [-0.05, 0) is 30.4 Å². The van der Waals surface area contributed by atoms with E-state index in [9.17, 15) is 35.0 Å². The van der Waals surface area contributed by atoms with E-state index < -0.39 is 42.9 Å². The van der Waals surface area contributed by atoms with E-state index in [2.05, 4.69) is 5.32 Å². The second-order valence-electron chi connectivity index (χ2n) is 7.93. The van der Waals surface area contributed by atoms with Gasteiger partial charge in [-0.25, -0.2) is 4.79 Å². The van der Waals surface area contributed by atoms with Crippen LogP contribution in [0.3, 0.4) is 0 Å². The number of phenols is 1. The average molecular weight is 406 g/mol. The van der Waals surface area contributed by atoms with Crippen LogP contribution < -0.4 is 10.1 Å². The molecule has 1 aliphatic carbocycles. The maximum atomic E-state index is 12.3. The zero-order valence-corrected chi connectivity index (χ0v) is 15.6. The molecule has 2 heterocycles. The summed E-state index contributed by atoms with van der Waals surface area (Å²) in [6.45, 7) is 0.957. The van der Waals surface area contributed by atoms with Gasteiger partial charge in [0.15, 0.2) is 0 Å². The molecule has 0 bridgehead atoms. The second-order valence-corrected chi connectivity index (χ2v) is 7.93. The maximum absolute atomic E-state index is 12.3. The largest absolute Gasteiger partial charge is 0.507 e. The number of carboxylic acid groups (broad SMARTS) is 1. The van der Waals surface area contributed by atoms with Crippen molar-refractivity contribution in [2.45, 2.75) is 42.8 Å². The summed E-state index contributed by atoms with van der Waals surface area (Å²) in [6, 6.07) is 2.57. The highest BCUT2D eigenvalue weighted by atomic mass is 16.5. The third kappa shape index (κ3) is 3.78. The van der Waals surface area contributed by atoms with E-state index in [4.69, 9.17) is 4.74 Å². The molecule has 6 N–H and O–H groups in total. The molecule has 29 heavy (non-hydrogen) atoms. The number of nitrogens with one attached hydrogen (secondary N) is 1. The predicted octanol–water partition coefficient (Wildman–Crippen LogP) is -1.27. The Labute approximate surface area is 166 Å². The lowest BCUT2D eigenvalue weighted by Gasteiger charge is -2.40. The molecule has 4 atom stereocenters. The van der Waals surface area contributed by atoms with E-state index in [0.717, 1.165) is 0 Å². The summed E-state index contributed by atoms with van der Waals surface area (Å²) in [5, 5.41) is 51.0. The van der Waals surface area contributed by atoms with Crippen LogP contribution in [0.5, 0.6) is 11.5 Å². The molecule has 1 aromatic rings. The lowest BCUT2D eigenvalue weighted by atomic mass is 9.81. The number of aliphatic hydroxyl groups is 1. The van der Waals surface area contributed by atoms with Crippen molar-refractivity contribution in [3.63, 3.8) is 0 Å². The molecule has 11 heteroatoms. The molecule has 0 radical (unpaired) electrons. The van der Waals surface area contributed by atoms with Crippen LogP contribution in [-0.4, -0.2) is 87.1 Å². The fourth-order valence-electron chi connectivity index (χ4n) is 4.09. The summed E-state index contributed by atoms with van der Waals surface area (Å²) in [5.74, 6) is -2.64. The number of hydrogen-bond acceptors (Lipinski definition) is 8. The van der Waals surface area contributed by atoms with Crippen LogP contribution in [0, 0.1) is 0 Å². The molecule has 3 fully saturated rings. The number of carboxylic acids is 1. The first kappa shape index (κ1) is 20.0. The number of carbonyl (C=O) groups excluding carboxylic acids is 1. The first-order valence-electron chi connectivity index (χ1n) is 9.58. The summed E-state index contributed by atoms with van der Waals surface area (Å²) in [4.78, 5) is 25.6. The molecule has 156 valence electrons. The molecule has 1 aromatic carbocycles. The number of nitrogens with zero attached hydrogens (tertiary/aromatic N) is 1. The molecular weight excluding hydrogens is 383 g/mol. The smallest absolute Gasteiger partial charge is 0.455 e. The molecule has 2 saturated heterocycles. The van der Waals surface area contributed by atoms with Crippen LogP contribution in [-0.2, 0) is 4.79 Å². The van der Waals surface area contributed by atoms with Crippen molar-refractivity contribution < 1.29 is 39.7 Å². The number of rotatable bonds is 6. The second kappa shape index (κ2) is 7.49. The number of benzene rings is 1. The highest BCUT2D eigenvalue weighted by Gasteiger charge is 2.48. The van der Waals surface area contributed by atoms with Crippen molar-refractivity contribution in [2.24, 2.45) is 0 Å². The van der Waals surface area contributed by atoms with Crippen molar-refractivity contribution in [3.8, 4) is 11.5 Å². The Morgan fingerprint density at radius 3 is 2.48 bits per heavy atom. The molecule has 2 aliphatic heterocycles. The van der Waals surface area contributed by atoms with Gasteiger partial charge in [0.05, 0.1) is 25.2 Å². The monoisotopic (exact) mass is 406 g/mol. The lowest BCUT2D eigenvalue weighted by Crippen LogP contribution is -2.59. The van der Waals surface area contributed by atoms with Gasteiger partial charge in [0.25, 0.3) is 0 Å². The summed E-state index contributed by atoms with van der Waals surface area (Å²) >= 11 is 0. The van der Waals surface area contributed by atoms with Crippen molar-refractivity contribution >= 4 is 19.0 Å². The predicted molar refractivity (Wildman–Crippen MR) is 99.8 cm³/mol. The highest BCUT2D eigenvalue weighted by Crippen LogP contribution is 2.56. The van der Waals surface area contributed by atoms with Gasteiger partial charge in [-0.2, -0.15) is 0 Å². The molecule has 0 unspecified atom stereocenters. The third-order valence-corrected chi connectivity index (χ3v) is 5.87. The van der Waals surface area contributed by atoms with E-state index in [-0.39, 0.29) is 36.2 Å². The van der Waals surface area contributed by atoms with Crippen molar-refractivity contribution in [1.82, 2.24) is 10.2 Å². The van der Waals surface area contributed by atoms with E-state index in [0.29, 0.717) is 24.9 Å². The molecule has 1 saturated carbocycles. The van der Waals surface area contributed by atoms with Gasteiger partial charge in [0, 0.05) is 12.4 Å². The van der Waals surface area contributed by atoms with Gasteiger partial charge in [-0.15, -0.1) is 0 Å². The Balaban J connectivity index is 1.41. The van der Waals surface area contributed by atoms with E-state index >= 15 is 0 Å². The summed E-state index contributed by atoms with van der Waals surface area (Å²) in [5.41, 5.74) is -0.0185. The number of aliphatic hydroxyl groups excluding tert-OH is 1. The van der Waals surface area contributed by atoms with Gasteiger partial charge in [-0.1, -0.05) is 6.07 Å².